The first-order valence-electron chi connectivity index (χ1n) is 7.55. The lowest BCUT2D eigenvalue weighted by Crippen LogP contribution is -2.58. The first-order valence-corrected chi connectivity index (χ1v) is 8.43. The summed E-state index contributed by atoms with van der Waals surface area (Å²) in [5, 5.41) is 17.9. The second-order valence-corrected chi connectivity index (χ2v) is 7.00. The molecule has 0 aliphatic carbocycles. The largest absolute Gasteiger partial charge is 0.512 e. The quantitative estimate of drug-likeness (QED) is 0.613. The van der Waals surface area contributed by atoms with Gasteiger partial charge in [-0.1, -0.05) is 30.0 Å². The number of aliphatic hydroxyl groups excluding tert-OH is 1. The van der Waals surface area contributed by atoms with Crippen LogP contribution in [0, 0.1) is 5.92 Å². The lowest BCUT2D eigenvalue weighted by Gasteiger charge is -2.40. The molecule has 8 nitrogen and oxygen atoms in total. The molecule has 1 aromatic rings. The number of β-lactam (4-membered cyclic amide) rings is 1. The van der Waals surface area contributed by atoms with E-state index in [1.54, 1.807) is 24.3 Å². The van der Waals surface area contributed by atoms with E-state index >= 15 is 0 Å². The van der Waals surface area contributed by atoms with E-state index in [4.69, 9.17) is 14.6 Å². The Kier molecular flexibility index (Phi) is 3.69. The summed E-state index contributed by atoms with van der Waals surface area (Å²) in [5.41, 5.74) is 1.19. The third-order valence-electron chi connectivity index (χ3n) is 4.40. The van der Waals surface area contributed by atoms with Gasteiger partial charge in [-0.3, -0.25) is 9.69 Å². The number of amides is 1. The van der Waals surface area contributed by atoms with Crippen molar-refractivity contribution in [3.8, 4) is 0 Å². The van der Waals surface area contributed by atoms with Crippen LogP contribution in [-0.2, 0) is 14.3 Å². The maximum atomic E-state index is 12.1. The standard InChI is InChI=1S/C16H13NO7S/c18-6-9-12(19)17-13(24-16(21)22)11(25-14(9)17)5-10-7-3-1-2-4-8(7)15(20)23-10/h1-4,9-10,14,18H,5-6H2,(H,21,22)/t9-,10+,14+/m0/s1. The number of benzene rings is 1. The van der Waals surface area contributed by atoms with E-state index in [0.29, 0.717) is 10.5 Å². The van der Waals surface area contributed by atoms with Gasteiger partial charge < -0.3 is 19.7 Å². The zero-order valence-corrected chi connectivity index (χ0v) is 13.6. The first-order chi connectivity index (χ1) is 12.0. The molecule has 0 aromatic heterocycles. The van der Waals surface area contributed by atoms with Crippen molar-refractivity contribution in [3.63, 3.8) is 0 Å². The lowest BCUT2D eigenvalue weighted by molar-refractivity contribution is -0.151. The number of hydrogen-bond acceptors (Lipinski definition) is 7. The SMILES string of the molecule is O=C(O)OC1=C(C[C@H]2OC(=O)c3ccccc32)S[C@@H]2[C@@H](CO)C(=O)N12. The maximum absolute atomic E-state index is 12.1. The Balaban J connectivity index is 1.63. The highest BCUT2D eigenvalue weighted by Crippen LogP contribution is 2.52. The van der Waals surface area contributed by atoms with E-state index < -0.39 is 29.5 Å². The van der Waals surface area contributed by atoms with E-state index in [1.165, 1.54) is 16.7 Å². The lowest BCUT2D eigenvalue weighted by atomic mass is 9.99. The molecule has 0 radical (unpaired) electrons. The molecule has 25 heavy (non-hydrogen) atoms. The molecule has 0 saturated carbocycles. The van der Waals surface area contributed by atoms with Crippen LogP contribution >= 0.6 is 11.8 Å². The monoisotopic (exact) mass is 363 g/mol. The number of hydrogen-bond donors (Lipinski definition) is 2. The van der Waals surface area contributed by atoms with Crippen molar-refractivity contribution in [2.45, 2.75) is 17.9 Å². The van der Waals surface area contributed by atoms with Gasteiger partial charge in [-0.15, -0.1) is 0 Å². The molecule has 3 heterocycles. The Hall–Kier alpha value is -2.52. The number of thioether (sulfide) groups is 1. The molecule has 0 spiro atoms. The number of rotatable bonds is 4. The van der Waals surface area contributed by atoms with Gasteiger partial charge in [0.25, 0.3) is 0 Å². The number of carboxylic acid groups (broad SMARTS) is 1. The van der Waals surface area contributed by atoms with Crippen molar-refractivity contribution in [3.05, 3.63) is 46.2 Å². The summed E-state index contributed by atoms with van der Waals surface area (Å²) in [6.45, 7) is -0.318. The van der Waals surface area contributed by atoms with Crippen LogP contribution in [0.25, 0.3) is 0 Å². The Morgan fingerprint density at radius 1 is 1.32 bits per heavy atom. The molecule has 1 fully saturated rings. The minimum atomic E-state index is -1.53. The third-order valence-corrected chi connectivity index (χ3v) is 5.81. The van der Waals surface area contributed by atoms with Crippen molar-refractivity contribution in [1.29, 1.82) is 0 Å². The zero-order valence-electron chi connectivity index (χ0n) is 12.7. The van der Waals surface area contributed by atoms with Gasteiger partial charge in [-0.25, -0.2) is 9.59 Å². The third kappa shape index (κ3) is 2.38. The summed E-state index contributed by atoms with van der Waals surface area (Å²) >= 11 is 1.25. The minimum absolute atomic E-state index is 0.0577. The number of esters is 1. The van der Waals surface area contributed by atoms with Crippen LogP contribution in [0.3, 0.4) is 0 Å². The zero-order chi connectivity index (χ0) is 17.7. The highest BCUT2D eigenvalue weighted by molar-refractivity contribution is 8.04. The molecule has 9 heteroatoms. The molecule has 0 unspecified atom stereocenters. The number of ether oxygens (including phenoxy) is 2. The Morgan fingerprint density at radius 2 is 2.08 bits per heavy atom. The van der Waals surface area contributed by atoms with Crippen LogP contribution in [0.5, 0.6) is 0 Å². The second-order valence-electron chi connectivity index (χ2n) is 5.79. The van der Waals surface area contributed by atoms with E-state index in [1.807, 2.05) is 0 Å². The number of cyclic esters (lactones) is 1. The number of aliphatic hydroxyl groups is 1. The summed E-state index contributed by atoms with van der Waals surface area (Å²) in [4.78, 5) is 36.7. The van der Waals surface area contributed by atoms with Crippen LogP contribution in [0.4, 0.5) is 4.79 Å². The molecule has 2 N–H and O–H groups in total. The molecule has 3 atom stereocenters. The average Bonchev–Trinajstić information content (AvgIpc) is 3.04. The van der Waals surface area contributed by atoms with Gasteiger partial charge in [0.05, 0.1) is 23.0 Å². The van der Waals surface area contributed by atoms with Crippen molar-refractivity contribution in [2.24, 2.45) is 5.92 Å². The highest BCUT2D eigenvalue weighted by atomic mass is 32.2. The van der Waals surface area contributed by atoms with Crippen molar-refractivity contribution < 1.29 is 34.1 Å². The van der Waals surface area contributed by atoms with E-state index in [9.17, 15) is 19.5 Å². The molecule has 1 amide bonds. The van der Waals surface area contributed by atoms with Gasteiger partial charge >= 0.3 is 12.1 Å². The minimum Gasteiger partial charge on any atom is -0.453 e. The number of fused-ring (bicyclic) bond motifs is 2. The van der Waals surface area contributed by atoms with Crippen LogP contribution < -0.4 is 0 Å². The molecule has 4 rings (SSSR count). The molecular formula is C16H13NO7S. The van der Waals surface area contributed by atoms with Crippen LogP contribution in [-0.4, -0.2) is 45.1 Å². The Bertz CT molecular complexity index is 820. The first kappa shape index (κ1) is 16.0. The van der Waals surface area contributed by atoms with Gasteiger partial charge in [0.2, 0.25) is 11.8 Å². The summed E-state index contributed by atoms with van der Waals surface area (Å²) in [7, 11) is 0. The van der Waals surface area contributed by atoms with E-state index in [-0.39, 0.29) is 24.8 Å². The van der Waals surface area contributed by atoms with Crippen molar-refractivity contribution in [1.82, 2.24) is 4.90 Å². The Morgan fingerprint density at radius 3 is 2.80 bits per heavy atom. The van der Waals surface area contributed by atoms with Gasteiger partial charge in [0.1, 0.15) is 11.5 Å². The van der Waals surface area contributed by atoms with Gasteiger partial charge in [-0.05, 0) is 6.07 Å². The molecule has 1 aromatic carbocycles. The Labute approximate surface area is 146 Å². The molecule has 3 aliphatic heterocycles. The number of carbonyl (C=O) groups is 3. The van der Waals surface area contributed by atoms with E-state index in [0.717, 1.165) is 5.56 Å². The van der Waals surface area contributed by atoms with Crippen LogP contribution in [0.15, 0.2) is 35.1 Å². The van der Waals surface area contributed by atoms with Crippen LogP contribution in [0.1, 0.15) is 28.4 Å². The number of carbonyl (C=O) groups excluding carboxylic acids is 2. The van der Waals surface area contributed by atoms with Crippen molar-refractivity contribution in [2.75, 3.05) is 6.61 Å². The van der Waals surface area contributed by atoms with Crippen molar-refractivity contribution >= 4 is 29.8 Å². The van der Waals surface area contributed by atoms with Crippen LogP contribution in [0.2, 0.25) is 0 Å². The molecule has 3 aliphatic rings. The maximum Gasteiger partial charge on any atom is 0.512 e. The molecule has 0 bridgehead atoms. The molecule has 130 valence electrons. The average molecular weight is 363 g/mol. The fourth-order valence-electron chi connectivity index (χ4n) is 3.24. The summed E-state index contributed by atoms with van der Waals surface area (Å²) in [5.74, 6) is -1.46. The smallest absolute Gasteiger partial charge is 0.453 e. The predicted octanol–water partition coefficient (Wildman–Crippen LogP) is 1.68. The molecule has 1 saturated heterocycles. The van der Waals surface area contributed by atoms with Gasteiger partial charge in [0, 0.05) is 12.0 Å². The summed E-state index contributed by atoms with van der Waals surface area (Å²) < 4.78 is 10.2. The normalized spacial score (nSPS) is 26.9. The molecular weight excluding hydrogens is 350 g/mol. The summed E-state index contributed by atoms with van der Waals surface area (Å²) in [6.07, 6.45) is -1.90. The van der Waals surface area contributed by atoms with Gasteiger partial charge in [-0.2, -0.15) is 0 Å². The summed E-state index contributed by atoms with van der Waals surface area (Å²) in [6, 6.07) is 6.97. The topological polar surface area (TPSA) is 113 Å². The van der Waals surface area contributed by atoms with E-state index in [2.05, 4.69) is 0 Å². The number of nitrogens with zero attached hydrogens (tertiary/aromatic N) is 1. The highest BCUT2D eigenvalue weighted by Gasteiger charge is 2.56. The van der Waals surface area contributed by atoms with Gasteiger partial charge in [0.15, 0.2) is 0 Å². The fourth-order valence-corrected chi connectivity index (χ4v) is 4.69. The second kappa shape index (κ2) is 5.78. The fraction of sp³-hybridized carbons (Fsp3) is 0.312. The predicted molar refractivity (Wildman–Crippen MR) is 84.2 cm³/mol.